The zero-order chi connectivity index (χ0) is 31.9. The minimum absolute atomic E-state index is 0.207. The average molecular weight is 672 g/mol. The smallest absolute Gasteiger partial charge is 0.490 e. The largest absolute Gasteiger partial charge is 0.493 e. The SMILES string of the molecule is CCS(=O)(=O)NC(=O)c1cc(C2CC2)c(OCCC2CCN(Cc3cc(Cl)cc(Cl)c3)CC2)cc1F.O=C(O)C(F)(F)F. The summed E-state index contributed by atoms with van der Waals surface area (Å²) in [6.07, 6.45) is -0.252. The summed E-state index contributed by atoms with van der Waals surface area (Å²) < 4.78 is 77.8. The lowest BCUT2D eigenvalue weighted by molar-refractivity contribution is -0.192. The molecule has 2 aromatic carbocycles. The van der Waals surface area contributed by atoms with E-state index in [1.807, 2.05) is 16.9 Å². The van der Waals surface area contributed by atoms with Gasteiger partial charge in [0.05, 0.1) is 17.9 Å². The summed E-state index contributed by atoms with van der Waals surface area (Å²) in [6.45, 7) is 4.64. The van der Waals surface area contributed by atoms with Crippen molar-refractivity contribution in [2.45, 2.75) is 57.7 Å². The Hall–Kier alpha value is -2.61. The predicted molar refractivity (Wildman–Crippen MR) is 154 cm³/mol. The van der Waals surface area contributed by atoms with E-state index in [4.69, 9.17) is 37.8 Å². The highest BCUT2D eigenvalue weighted by Crippen LogP contribution is 2.45. The molecular formula is C28H32Cl2F4N2O6S. The lowest BCUT2D eigenvalue weighted by atomic mass is 9.93. The molecule has 1 aliphatic carbocycles. The van der Waals surface area contributed by atoms with Gasteiger partial charge in [0.1, 0.15) is 11.6 Å². The molecule has 2 aliphatic rings. The molecule has 238 valence electrons. The molecule has 0 bridgehead atoms. The van der Waals surface area contributed by atoms with Crippen LogP contribution in [-0.4, -0.2) is 61.9 Å². The summed E-state index contributed by atoms with van der Waals surface area (Å²) in [4.78, 5) is 23.6. The number of rotatable bonds is 10. The van der Waals surface area contributed by atoms with E-state index in [-0.39, 0.29) is 17.2 Å². The Balaban J connectivity index is 0.000000646. The summed E-state index contributed by atoms with van der Waals surface area (Å²) in [5, 5.41) is 8.41. The number of hydrogen-bond acceptors (Lipinski definition) is 6. The average Bonchev–Trinajstić information content (AvgIpc) is 3.74. The van der Waals surface area contributed by atoms with Gasteiger partial charge in [0.2, 0.25) is 10.0 Å². The molecule has 15 heteroatoms. The Morgan fingerprint density at radius 1 is 1.05 bits per heavy atom. The van der Waals surface area contributed by atoms with Crippen molar-refractivity contribution in [3.63, 3.8) is 0 Å². The quantitative estimate of drug-likeness (QED) is 0.281. The van der Waals surface area contributed by atoms with Crippen molar-refractivity contribution in [2.24, 2.45) is 5.92 Å². The summed E-state index contributed by atoms with van der Waals surface area (Å²) >= 11 is 12.2. The molecule has 4 rings (SSSR count). The van der Waals surface area contributed by atoms with Crippen molar-refractivity contribution >= 4 is 45.1 Å². The molecule has 1 amide bonds. The van der Waals surface area contributed by atoms with Gasteiger partial charge in [-0.05, 0) is 99.3 Å². The Kier molecular flexibility index (Phi) is 12.1. The predicted octanol–water partition coefficient (Wildman–Crippen LogP) is 6.40. The highest BCUT2D eigenvalue weighted by atomic mass is 35.5. The summed E-state index contributed by atoms with van der Waals surface area (Å²) in [5.41, 5.74) is 1.61. The normalized spacial score (nSPS) is 16.3. The number of piperidine rings is 1. The van der Waals surface area contributed by atoms with E-state index in [1.54, 1.807) is 6.07 Å². The third-order valence-corrected chi connectivity index (χ3v) is 8.74. The van der Waals surface area contributed by atoms with Gasteiger partial charge in [-0.15, -0.1) is 0 Å². The van der Waals surface area contributed by atoms with Crippen molar-refractivity contribution in [2.75, 3.05) is 25.4 Å². The van der Waals surface area contributed by atoms with Crippen molar-refractivity contribution < 1.29 is 45.4 Å². The van der Waals surface area contributed by atoms with Crippen LogP contribution < -0.4 is 9.46 Å². The fourth-order valence-corrected chi connectivity index (χ4v) is 5.69. The van der Waals surface area contributed by atoms with Gasteiger partial charge in [-0.25, -0.2) is 22.3 Å². The Morgan fingerprint density at radius 3 is 2.14 bits per heavy atom. The summed E-state index contributed by atoms with van der Waals surface area (Å²) in [5.74, 6) is -3.58. The third kappa shape index (κ3) is 11.1. The molecule has 2 fully saturated rings. The number of benzene rings is 2. The number of aliphatic carboxylic acids is 1. The van der Waals surface area contributed by atoms with Crippen LogP contribution in [0, 0.1) is 11.7 Å². The molecule has 2 aromatic rings. The second-order valence-corrected chi connectivity index (χ2v) is 13.3. The van der Waals surface area contributed by atoms with Gasteiger partial charge in [-0.2, -0.15) is 13.2 Å². The number of halogens is 6. The third-order valence-electron chi connectivity index (χ3n) is 7.05. The minimum Gasteiger partial charge on any atom is -0.493 e. The second-order valence-electron chi connectivity index (χ2n) is 10.4. The molecule has 1 aliphatic heterocycles. The molecule has 8 nitrogen and oxygen atoms in total. The molecular weight excluding hydrogens is 639 g/mol. The molecule has 0 radical (unpaired) electrons. The van der Waals surface area contributed by atoms with Crippen LogP contribution in [0.3, 0.4) is 0 Å². The molecule has 43 heavy (non-hydrogen) atoms. The van der Waals surface area contributed by atoms with E-state index in [1.165, 1.54) is 19.1 Å². The highest BCUT2D eigenvalue weighted by Gasteiger charge is 2.38. The fourth-order valence-electron chi connectivity index (χ4n) is 4.58. The van der Waals surface area contributed by atoms with Crippen LogP contribution in [0.15, 0.2) is 30.3 Å². The zero-order valence-electron chi connectivity index (χ0n) is 23.2. The first kappa shape index (κ1) is 34.9. The Morgan fingerprint density at radius 2 is 1.63 bits per heavy atom. The fraction of sp³-hybridized carbons (Fsp3) is 0.500. The first-order chi connectivity index (χ1) is 20.1. The van der Waals surface area contributed by atoms with E-state index in [0.717, 1.165) is 62.9 Å². The Bertz CT molecular complexity index is 1390. The number of carboxylic acids is 1. The maximum Gasteiger partial charge on any atom is 0.490 e. The first-order valence-corrected chi connectivity index (χ1v) is 16.0. The van der Waals surface area contributed by atoms with Crippen molar-refractivity contribution in [3.05, 3.63) is 62.9 Å². The van der Waals surface area contributed by atoms with Gasteiger partial charge in [-0.1, -0.05) is 23.2 Å². The molecule has 0 atom stereocenters. The topological polar surface area (TPSA) is 113 Å². The number of alkyl halides is 3. The van der Waals surface area contributed by atoms with E-state index in [9.17, 15) is 30.8 Å². The van der Waals surface area contributed by atoms with Crippen LogP contribution in [0.1, 0.15) is 66.4 Å². The van der Waals surface area contributed by atoms with Crippen LogP contribution in [0.4, 0.5) is 17.6 Å². The van der Waals surface area contributed by atoms with Gasteiger partial charge in [0.25, 0.3) is 5.91 Å². The van der Waals surface area contributed by atoms with Crippen LogP contribution in [0.2, 0.25) is 10.0 Å². The van der Waals surface area contributed by atoms with Crippen LogP contribution in [0.25, 0.3) is 0 Å². The van der Waals surface area contributed by atoms with Gasteiger partial charge >= 0.3 is 12.1 Å². The first-order valence-electron chi connectivity index (χ1n) is 13.6. The van der Waals surface area contributed by atoms with E-state index in [0.29, 0.717) is 28.3 Å². The van der Waals surface area contributed by atoms with E-state index >= 15 is 0 Å². The summed E-state index contributed by atoms with van der Waals surface area (Å²) in [6, 6.07) is 8.30. The van der Waals surface area contributed by atoms with E-state index < -0.39 is 33.9 Å². The number of hydrogen-bond donors (Lipinski definition) is 2. The lowest BCUT2D eigenvalue weighted by Crippen LogP contribution is -2.33. The number of nitrogens with one attached hydrogen (secondary N) is 1. The minimum atomic E-state index is -5.08. The number of carbonyl (C=O) groups is 2. The lowest BCUT2D eigenvalue weighted by Gasteiger charge is -2.32. The van der Waals surface area contributed by atoms with Gasteiger partial charge in [0.15, 0.2) is 0 Å². The monoisotopic (exact) mass is 670 g/mol. The maximum atomic E-state index is 14.7. The Labute approximate surface area is 257 Å². The van der Waals surface area contributed by atoms with Gasteiger partial charge in [0, 0.05) is 22.7 Å². The van der Waals surface area contributed by atoms with Crippen LogP contribution in [0.5, 0.6) is 5.75 Å². The van der Waals surface area contributed by atoms with Crippen molar-refractivity contribution in [1.82, 2.24) is 9.62 Å². The van der Waals surface area contributed by atoms with Crippen LogP contribution >= 0.6 is 23.2 Å². The zero-order valence-corrected chi connectivity index (χ0v) is 25.6. The second kappa shape index (κ2) is 14.9. The molecule has 1 heterocycles. The summed E-state index contributed by atoms with van der Waals surface area (Å²) in [7, 11) is -3.78. The number of likely N-dealkylation sites (tertiary alicyclic amines) is 1. The number of amides is 1. The molecule has 0 unspecified atom stereocenters. The van der Waals surface area contributed by atoms with Crippen molar-refractivity contribution in [1.29, 1.82) is 0 Å². The van der Waals surface area contributed by atoms with Crippen LogP contribution in [-0.2, 0) is 21.4 Å². The number of carbonyl (C=O) groups excluding carboxylic acids is 1. The van der Waals surface area contributed by atoms with E-state index in [2.05, 4.69) is 4.90 Å². The highest BCUT2D eigenvalue weighted by molar-refractivity contribution is 7.90. The number of sulfonamides is 1. The number of carboxylic acid groups (broad SMARTS) is 1. The van der Waals surface area contributed by atoms with Gasteiger partial charge < -0.3 is 9.84 Å². The molecule has 0 aromatic heterocycles. The maximum absolute atomic E-state index is 14.7. The number of ether oxygens (including phenoxy) is 1. The molecule has 2 N–H and O–H groups in total. The molecule has 1 saturated carbocycles. The molecule has 1 saturated heterocycles. The van der Waals surface area contributed by atoms with Crippen molar-refractivity contribution in [3.8, 4) is 5.75 Å². The van der Waals surface area contributed by atoms with Gasteiger partial charge in [-0.3, -0.25) is 9.69 Å². The number of nitrogens with zero attached hydrogens (tertiary/aromatic N) is 1. The standard InChI is InChI=1S/C26H31Cl2FN2O4S.C2HF3O2/c1-2-36(33,34)30-26(32)23-14-22(19-3-4-19)25(15-24(23)29)35-10-7-17-5-8-31(9-6-17)16-18-11-20(27)13-21(28)12-18;3-2(4,5)1(6)7/h11-15,17,19H,2-10,16H2,1H3,(H,30,32);(H,6,7). The molecule has 0 spiro atoms.